The lowest BCUT2D eigenvalue weighted by atomic mass is 10.1. The van der Waals surface area contributed by atoms with Crippen LogP contribution in [0, 0.1) is 6.92 Å². The van der Waals surface area contributed by atoms with E-state index in [9.17, 15) is 0 Å². The summed E-state index contributed by atoms with van der Waals surface area (Å²) in [4.78, 5) is 15.5. The van der Waals surface area contributed by atoms with Crippen molar-refractivity contribution in [3.05, 3.63) is 72.2 Å². The number of fused-ring (bicyclic) bond motifs is 1. The Labute approximate surface area is 206 Å². The second-order valence-corrected chi connectivity index (χ2v) is 9.08. The van der Waals surface area contributed by atoms with Crippen LogP contribution in [0.2, 0.25) is 0 Å². The highest BCUT2D eigenvalue weighted by Crippen LogP contribution is 2.32. The summed E-state index contributed by atoms with van der Waals surface area (Å²) >= 11 is 0. The Hall–Kier alpha value is -3.71. The van der Waals surface area contributed by atoms with Crippen molar-refractivity contribution in [3.63, 3.8) is 0 Å². The Morgan fingerprint density at radius 3 is 2.83 bits per heavy atom. The Balaban J connectivity index is 1.51. The molecule has 35 heavy (non-hydrogen) atoms. The van der Waals surface area contributed by atoms with E-state index >= 15 is 0 Å². The third kappa shape index (κ3) is 4.77. The molecule has 1 aliphatic heterocycles. The molecule has 1 aliphatic rings. The first-order valence-corrected chi connectivity index (χ1v) is 12.5. The van der Waals surface area contributed by atoms with Crippen molar-refractivity contribution in [1.29, 1.82) is 0 Å². The summed E-state index contributed by atoms with van der Waals surface area (Å²) in [5.74, 6) is 0. The molecule has 4 aromatic rings. The van der Waals surface area contributed by atoms with E-state index in [1.807, 2.05) is 30.6 Å². The second-order valence-electron chi connectivity index (χ2n) is 9.08. The first kappa shape index (κ1) is 23.1. The van der Waals surface area contributed by atoms with Crippen LogP contribution in [-0.2, 0) is 6.54 Å². The molecule has 0 aromatic carbocycles. The van der Waals surface area contributed by atoms with Crippen molar-refractivity contribution in [2.24, 2.45) is 0 Å². The zero-order valence-electron chi connectivity index (χ0n) is 20.6. The van der Waals surface area contributed by atoms with Gasteiger partial charge in [-0.3, -0.25) is 10.1 Å². The van der Waals surface area contributed by atoms with Gasteiger partial charge < -0.3 is 15.2 Å². The summed E-state index contributed by atoms with van der Waals surface area (Å²) in [7, 11) is 0. The molecule has 180 valence electrons. The van der Waals surface area contributed by atoms with Crippen molar-refractivity contribution >= 4 is 16.7 Å². The molecule has 1 saturated heterocycles. The molecule has 0 amide bonds. The summed E-state index contributed by atoms with van der Waals surface area (Å²) in [5, 5.41) is 11.1. The standard InChI is InChI=1S/C28H33N7/c1-4-9-26(35-12-7-6-8-13-35)22-15-25(31-19(22)3)28-27-24(33-34-28)11-10-23(32-27)21-14-20(16-29-5-2)17-30-18-21/h4,9-11,14-15,17-18,29,31H,1,5-8,12-13,16H2,2-3H3,(H,33,34)/b26-9+. The average Bonchev–Trinajstić information content (AvgIpc) is 3.49. The average molecular weight is 468 g/mol. The van der Waals surface area contributed by atoms with Gasteiger partial charge in [-0.25, -0.2) is 4.98 Å². The van der Waals surface area contributed by atoms with Crippen LogP contribution in [0.15, 0.2) is 55.4 Å². The lowest BCUT2D eigenvalue weighted by Gasteiger charge is -2.31. The minimum Gasteiger partial charge on any atom is -0.371 e. The van der Waals surface area contributed by atoms with Crippen molar-refractivity contribution < 1.29 is 0 Å². The highest BCUT2D eigenvalue weighted by molar-refractivity contribution is 5.91. The molecule has 0 aliphatic carbocycles. The number of likely N-dealkylation sites (tertiary alicyclic amines) is 1. The zero-order valence-corrected chi connectivity index (χ0v) is 20.6. The molecule has 1 fully saturated rings. The van der Waals surface area contributed by atoms with Gasteiger partial charge in [0.25, 0.3) is 0 Å². The molecule has 7 heteroatoms. The van der Waals surface area contributed by atoms with Gasteiger partial charge >= 0.3 is 0 Å². The summed E-state index contributed by atoms with van der Waals surface area (Å²) in [6.45, 7) is 12.1. The van der Waals surface area contributed by atoms with Crippen LogP contribution >= 0.6 is 0 Å². The van der Waals surface area contributed by atoms with Crippen molar-refractivity contribution in [2.75, 3.05) is 19.6 Å². The number of aromatic amines is 2. The summed E-state index contributed by atoms with van der Waals surface area (Å²) in [6.07, 6.45) is 11.5. The maximum absolute atomic E-state index is 5.00. The fourth-order valence-corrected chi connectivity index (χ4v) is 4.80. The predicted molar refractivity (Wildman–Crippen MR) is 143 cm³/mol. The molecule has 5 rings (SSSR count). The summed E-state index contributed by atoms with van der Waals surface area (Å²) in [6, 6.07) is 8.40. The minimum absolute atomic E-state index is 0.790. The lowest BCUT2D eigenvalue weighted by Crippen LogP contribution is -2.28. The highest BCUT2D eigenvalue weighted by Gasteiger charge is 2.20. The van der Waals surface area contributed by atoms with Gasteiger partial charge in [-0.05, 0) is 68.6 Å². The molecule has 0 atom stereocenters. The Bertz CT molecular complexity index is 1350. The van der Waals surface area contributed by atoms with E-state index < -0.39 is 0 Å². The molecule has 4 aromatic heterocycles. The Morgan fingerprint density at radius 2 is 2.03 bits per heavy atom. The molecule has 0 saturated carbocycles. The fraction of sp³-hybridized carbons (Fsp3) is 0.321. The molecule has 0 bridgehead atoms. The number of aryl methyl sites for hydroxylation is 1. The Kier molecular flexibility index (Phi) is 6.77. The van der Waals surface area contributed by atoms with Crippen LogP contribution in [0.4, 0.5) is 0 Å². The number of aromatic nitrogens is 5. The third-order valence-electron chi connectivity index (χ3n) is 6.60. The van der Waals surface area contributed by atoms with E-state index in [2.05, 4.69) is 69.0 Å². The van der Waals surface area contributed by atoms with Crippen LogP contribution in [0.5, 0.6) is 0 Å². The SMILES string of the molecule is C=C/C=C(\c1cc(-c2n[nH]c3ccc(-c4cncc(CNCC)c4)nc23)[nH]c1C)N1CCCCC1. The van der Waals surface area contributed by atoms with Crippen LogP contribution in [-0.4, -0.2) is 49.7 Å². The number of hydrogen-bond acceptors (Lipinski definition) is 5. The monoisotopic (exact) mass is 467 g/mol. The van der Waals surface area contributed by atoms with E-state index in [0.29, 0.717) is 0 Å². The normalized spacial score (nSPS) is 14.6. The van der Waals surface area contributed by atoms with Crippen molar-refractivity contribution in [1.82, 2.24) is 35.4 Å². The molecule has 7 nitrogen and oxygen atoms in total. The molecular weight excluding hydrogens is 434 g/mol. The van der Waals surface area contributed by atoms with Gasteiger partial charge in [0, 0.05) is 54.5 Å². The maximum Gasteiger partial charge on any atom is 0.135 e. The molecule has 3 N–H and O–H groups in total. The third-order valence-corrected chi connectivity index (χ3v) is 6.60. The maximum atomic E-state index is 5.00. The first-order valence-electron chi connectivity index (χ1n) is 12.5. The quantitative estimate of drug-likeness (QED) is 0.300. The largest absolute Gasteiger partial charge is 0.371 e. The number of pyridine rings is 2. The molecular formula is C28H33N7. The van der Waals surface area contributed by atoms with Crippen LogP contribution in [0.25, 0.3) is 39.4 Å². The van der Waals surface area contributed by atoms with Gasteiger partial charge in [-0.15, -0.1) is 0 Å². The van der Waals surface area contributed by atoms with Gasteiger partial charge in [-0.2, -0.15) is 5.10 Å². The van der Waals surface area contributed by atoms with Crippen LogP contribution in [0.3, 0.4) is 0 Å². The Morgan fingerprint density at radius 1 is 1.17 bits per heavy atom. The molecule has 0 spiro atoms. The summed E-state index contributed by atoms with van der Waals surface area (Å²) < 4.78 is 0. The smallest absolute Gasteiger partial charge is 0.135 e. The van der Waals surface area contributed by atoms with Crippen molar-refractivity contribution in [3.8, 4) is 22.6 Å². The van der Waals surface area contributed by atoms with E-state index in [1.165, 1.54) is 30.5 Å². The molecule has 0 unspecified atom stereocenters. The number of nitrogens with one attached hydrogen (secondary N) is 3. The highest BCUT2D eigenvalue weighted by atomic mass is 15.1. The zero-order chi connectivity index (χ0) is 24.2. The lowest BCUT2D eigenvalue weighted by molar-refractivity contribution is 0.326. The van der Waals surface area contributed by atoms with E-state index in [4.69, 9.17) is 4.98 Å². The first-order chi connectivity index (χ1) is 17.2. The number of rotatable bonds is 8. The number of piperidine rings is 1. The van der Waals surface area contributed by atoms with Gasteiger partial charge in [-0.1, -0.05) is 19.6 Å². The second kappa shape index (κ2) is 10.3. The summed E-state index contributed by atoms with van der Waals surface area (Å²) in [5.41, 5.74) is 10.1. The van der Waals surface area contributed by atoms with Gasteiger partial charge in [0.15, 0.2) is 0 Å². The van der Waals surface area contributed by atoms with Gasteiger partial charge in [0.2, 0.25) is 0 Å². The number of nitrogens with zero attached hydrogens (tertiary/aromatic N) is 4. The fourth-order valence-electron chi connectivity index (χ4n) is 4.80. The van der Waals surface area contributed by atoms with Gasteiger partial charge in [0.1, 0.15) is 11.2 Å². The molecule has 5 heterocycles. The van der Waals surface area contributed by atoms with Crippen LogP contribution < -0.4 is 5.32 Å². The topological polar surface area (TPSA) is 85.5 Å². The van der Waals surface area contributed by atoms with Crippen LogP contribution in [0.1, 0.15) is 43.0 Å². The van der Waals surface area contributed by atoms with Crippen molar-refractivity contribution in [2.45, 2.75) is 39.7 Å². The minimum atomic E-state index is 0.790. The molecule has 0 radical (unpaired) electrons. The predicted octanol–water partition coefficient (Wildman–Crippen LogP) is 5.45. The van der Waals surface area contributed by atoms with Gasteiger partial charge in [0.05, 0.1) is 16.9 Å². The number of H-pyrrole nitrogens is 2. The van der Waals surface area contributed by atoms with E-state index in [0.717, 1.165) is 71.1 Å². The number of allylic oxidation sites excluding steroid dienone is 2. The van der Waals surface area contributed by atoms with E-state index in [1.54, 1.807) is 0 Å². The number of hydrogen-bond donors (Lipinski definition) is 3. The van der Waals surface area contributed by atoms with E-state index in [-0.39, 0.29) is 0 Å².